The highest BCUT2D eigenvalue weighted by Gasteiger charge is 2.11. The van der Waals surface area contributed by atoms with Crippen molar-refractivity contribution < 1.29 is 19.4 Å². The van der Waals surface area contributed by atoms with E-state index in [0.29, 0.717) is 31.7 Å². The van der Waals surface area contributed by atoms with Crippen LogP contribution in [0.5, 0.6) is 5.75 Å². The number of nitrogens with zero attached hydrogens (tertiary/aromatic N) is 2. The molecule has 1 aliphatic rings. The molecule has 0 atom stereocenters. The molecule has 0 amide bonds. The number of carbonyl (C=O) groups is 1. The van der Waals surface area contributed by atoms with Crippen molar-refractivity contribution in [2.45, 2.75) is 25.8 Å². The number of pyridine rings is 1. The SMILES string of the molecule is O=C(O)CCCCn1cccc(OCCN2CCOCC2)c1=O. The largest absolute Gasteiger partial charge is 0.487 e. The molecule has 128 valence electrons. The van der Waals surface area contributed by atoms with Crippen molar-refractivity contribution in [3.63, 3.8) is 0 Å². The van der Waals surface area contributed by atoms with Crippen LogP contribution < -0.4 is 10.3 Å². The van der Waals surface area contributed by atoms with Crippen molar-refractivity contribution in [2.75, 3.05) is 39.5 Å². The van der Waals surface area contributed by atoms with Gasteiger partial charge in [0.05, 0.1) is 13.2 Å². The quantitative estimate of drug-likeness (QED) is 0.677. The third kappa shape index (κ3) is 6.03. The maximum absolute atomic E-state index is 12.3. The first kappa shape index (κ1) is 17.5. The summed E-state index contributed by atoms with van der Waals surface area (Å²) in [5.41, 5.74) is -0.162. The number of unbranched alkanes of at least 4 members (excludes halogenated alkanes) is 1. The first-order valence-electron chi connectivity index (χ1n) is 8.01. The van der Waals surface area contributed by atoms with Crippen LogP contribution in [0.15, 0.2) is 23.1 Å². The molecule has 0 aliphatic carbocycles. The number of aryl methyl sites for hydroxylation is 1. The fraction of sp³-hybridized carbons (Fsp3) is 0.625. The van der Waals surface area contributed by atoms with Crippen LogP contribution in [0.2, 0.25) is 0 Å². The predicted molar refractivity (Wildman–Crippen MR) is 84.9 cm³/mol. The van der Waals surface area contributed by atoms with Gasteiger partial charge in [-0.15, -0.1) is 0 Å². The van der Waals surface area contributed by atoms with Gasteiger partial charge in [0.25, 0.3) is 5.56 Å². The van der Waals surface area contributed by atoms with Gasteiger partial charge in [-0.2, -0.15) is 0 Å². The van der Waals surface area contributed by atoms with E-state index in [-0.39, 0.29) is 12.0 Å². The molecule has 1 aromatic heterocycles. The molecule has 1 N–H and O–H groups in total. The standard InChI is InChI=1S/C16H24N2O5/c19-15(20)5-1-2-6-18-7-3-4-14(16(18)21)23-13-10-17-8-11-22-12-9-17/h3-4,7H,1-2,5-6,8-13H2,(H,19,20). The summed E-state index contributed by atoms with van der Waals surface area (Å²) in [5, 5.41) is 8.61. The van der Waals surface area contributed by atoms with E-state index in [4.69, 9.17) is 14.6 Å². The molecule has 2 heterocycles. The molecular weight excluding hydrogens is 300 g/mol. The van der Waals surface area contributed by atoms with Gasteiger partial charge in [-0.1, -0.05) is 0 Å². The number of morpholine rings is 1. The second-order valence-corrected chi connectivity index (χ2v) is 5.52. The van der Waals surface area contributed by atoms with E-state index in [1.165, 1.54) is 0 Å². The Kier molecular flexibility index (Phi) is 7.09. The Bertz CT molecular complexity index is 552. The van der Waals surface area contributed by atoms with Crippen LogP contribution in [-0.4, -0.2) is 60.0 Å². The smallest absolute Gasteiger partial charge is 0.303 e. The Labute approximate surface area is 135 Å². The highest BCUT2D eigenvalue weighted by molar-refractivity contribution is 5.66. The van der Waals surface area contributed by atoms with Crippen molar-refractivity contribution in [2.24, 2.45) is 0 Å². The normalized spacial score (nSPS) is 15.5. The monoisotopic (exact) mass is 324 g/mol. The van der Waals surface area contributed by atoms with Crippen LogP contribution in [0, 0.1) is 0 Å². The molecule has 1 saturated heterocycles. The summed E-state index contributed by atoms with van der Waals surface area (Å²) in [6.45, 7) is 5.03. The number of aromatic nitrogens is 1. The van der Waals surface area contributed by atoms with Gasteiger partial charge in [-0.25, -0.2) is 0 Å². The lowest BCUT2D eigenvalue weighted by Crippen LogP contribution is -2.39. The van der Waals surface area contributed by atoms with Crippen molar-refractivity contribution in [1.29, 1.82) is 0 Å². The number of aliphatic carboxylic acids is 1. The van der Waals surface area contributed by atoms with Gasteiger partial charge >= 0.3 is 5.97 Å². The van der Waals surface area contributed by atoms with Crippen LogP contribution in [0.25, 0.3) is 0 Å². The molecule has 1 aromatic rings. The predicted octanol–water partition coefficient (Wildman–Crippen LogP) is 0.814. The molecule has 7 heteroatoms. The topological polar surface area (TPSA) is 81.0 Å². The fourth-order valence-corrected chi connectivity index (χ4v) is 2.47. The zero-order valence-electron chi connectivity index (χ0n) is 13.3. The average Bonchev–Trinajstić information content (AvgIpc) is 2.55. The molecule has 1 aliphatic heterocycles. The summed E-state index contributed by atoms with van der Waals surface area (Å²) in [5.74, 6) is -0.462. The lowest BCUT2D eigenvalue weighted by Gasteiger charge is -2.26. The van der Waals surface area contributed by atoms with Crippen LogP contribution >= 0.6 is 0 Å². The van der Waals surface area contributed by atoms with Crippen molar-refractivity contribution in [1.82, 2.24) is 9.47 Å². The van der Waals surface area contributed by atoms with E-state index in [1.54, 1.807) is 22.9 Å². The van der Waals surface area contributed by atoms with Gasteiger partial charge in [0.1, 0.15) is 6.61 Å². The Morgan fingerprint density at radius 2 is 2.04 bits per heavy atom. The van der Waals surface area contributed by atoms with E-state index in [2.05, 4.69) is 4.90 Å². The van der Waals surface area contributed by atoms with Crippen molar-refractivity contribution in [3.8, 4) is 5.75 Å². The first-order valence-corrected chi connectivity index (χ1v) is 8.01. The Morgan fingerprint density at radius 1 is 1.26 bits per heavy atom. The first-order chi connectivity index (χ1) is 11.2. The highest BCUT2D eigenvalue weighted by Crippen LogP contribution is 2.05. The molecule has 0 radical (unpaired) electrons. The summed E-state index contributed by atoms with van der Waals surface area (Å²) in [7, 11) is 0. The third-order valence-corrected chi connectivity index (χ3v) is 3.79. The molecule has 1 fully saturated rings. The van der Waals surface area contributed by atoms with E-state index in [1.807, 2.05) is 0 Å². The minimum absolute atomic E-state index is 0.129. The van der Waals surface area contributed by atoms with Crippen LogP contribution in [0.4, 0.5) is 0 Å². The Morgan fingerprint density at radius 3 is 2.78 bits per heavy atom. The van der Waals surface area contributed by atoms with Crippen LogP contribution in [0.3, 0.4) is 0 Å². The third-order valence-electron chi connectivity index (χ3n) is 3.79. The molecule has 0 unspecified atom stereocenters. The van der Waals surface area contributed by atoms with Gasteiger partial charge in [0.2, 0.25) is 0 Å². The second kappa shape index (κ2) is 9.32. The molecule has 0 bridgehead atoms. The summed E-state index contributed by atoms with van der Waals surface area (Å²) in [6, 6.07) is 3.46. The lowest BCUT2D eigenvalue weighted by molar-refractivity contribution is -0.137. The maximum Gasteiger partial charge on any atom is 0.303 e. The van der Waals surface area contributed by atoms with Gasteiger partial charge in [0, 0.05) is 38.8 Å². The lowest BCUT2D eigenvalue weighted by atomic mass is 10.2. The Balaban J connectivity index is 1.78. The maximum atomic E-state index is 12.3. The number of carboxylic acid groups (broad SMARTS) is 1. The average molecular weight is 324 g/mol. The van der Waals surface area contributed by atoms with Gasteiger partial charge in [-0.3, -0.25) is 14.5 Å². The highest BCUT2D eigenvalue weighted by atomic mass is 16.5. The Hall–Kier alpha value is -1.86. The summed E-state index contributed by atoms with van der Waals surface area (Å²) in [6.07, 6.45) is 3.05. The molecule has 0 saturated carbocycles. The van der Waals surface area contributed by atoms with E-state index in [0.717, 1.165) is 32.8 Å². The number of hydrogen-bond acceptors (Lipinski definition) is 5. The summed E-state index contributed by atoms with van der Waals surface area (Å²) in [4.78, 5) is 25.0. The molecule has 7 nitrogen and oxygen atoms in total. The number of hydrogen-bond donors (Lipinski definition) is 1. The van der Waals surface area contributed by atoms with Gasteiger partial charge in [-0.05, 0) is 25.0 Å². The molecule has 0 aromatic carbocycles. The summed E-state index contributed by atoms with van der Waals surface area (Å²) >= 11 is 0. The van der Waals surface area contributed by atoms with Crippen molar-refractivity contribution in [3.05, 3.63) is 28.7 Å². The van der Waals surface area contributed by atoms with Gasteiger partial charge < -0.3 is 19.1 Å². The molecule has 0 spiro atoms. The molecule has 2 rings (SSSR count). The minimum Gasteiger partial charge on any atom is -0.487 e. The second-order valence-electron chi connectivity index (χ2n) is 5.52. The van der Waals surface area contributed by atoms with E-state index < -0.39 is 5.97 Å². The molecular formula is C16H24N2O5. The number of rotatable bonds is 9. The van der Waals surface area contributed by atoms with Crippen LogP contribution in [0.1, 0.15) is 19.3 Å². The van der Waals surface area contributed by atoms with E-state index >= 15 is 0 Å². The zero-order valence-corrected chi connectivity index (χ0v) is 13.3. The fourth-order valence-electron chi connectivity index (χ4n) is 2.47. The minimum atomic E-state index is -0.808. The zero-order chi connectivity index (χ0) is 16.5. The number of carboxylic acids is 1. The molecule has 23 heavy (non-hydrogen) atoms. The van der Waals surface area contributed by atoms with Gasteiger partial charge in [0.15, 0.2) is 5.75 Å². The van der Waals surface area contributed by atoms with E-state index in [9.17, 15) is 9.59 Å². The van der Waals surface area contributed by atoms with Crippen molar-refractivity contribution >= 4 is 5.97 Å². The van der Waals surface area contributed by atoms with Crippen LogP contribution in [-0.2, 0) is 16.1 Å². The summed E-state index contributed by atoms with van der Waals surface area (Å²) < 4.78 is 12.5. The number of ether oxygens (including phenoxy) is 2.